The minimum Gasteiger partial charge on any atom is -0.395 e. The first-order valence-corrected chi connectivity index (χ1v) is 7.32. The zero-order chi connectivity index (χ0) is 14.1. The first-order valence-electron chi connectivity index (χ1n) is 7.32. The van der Waals surface area contributed by atoms with E-state index in [1.165, 1.54) is 5.56 Å². The van der Waals surface area contributed by atoms with Crippen LogP contribution < -0.4 is 5.32 Å². The van der Waals surface area contributed by atoms with Crippen molar-refractivity contribution < 1.29 is 5.11 Å². The Balaban J connectivity index is 2.58. The molecule has 0 aliphatic rings. The molecule has 108 valence electrons. The summed E-state index contributed by atoms with van der Waals surface area (Å²) in [4.78, 5) is 2.33. The van der Waals surface area contributed by atoms with Crippen LogP contribution in [0.25, 0.3) is 0 Å². The Hall–Kier alpha value is -0.900. The van der Waals surface area contributed by atoms with Crippen LogP contribution in [0.1, 0.15) is 38.8 Å². The van der Waals surface area contributed by atoms with E-state index in [1.54, 1.807) is 0 Å². The van der Waals surface area contributed by atoms with E-state index in [-0.39, 0.29) is 6.61 Å². The first-order chi connectivity index (χ1) is 9.19. The summed E-state index contributed by atoms with van der Waals surface area (Å²) < 4.78 is 0. The Bertz CT molecular complexity index is 327. The largest absolute Gasteiger partial charge is 0.395 e. The first kappa shape index (κ1) is 16.2. The van der Waals surface area contributed by atoms with Crippen molar-refractivity contribution in [3.63, 3.8) is 0 Å². The van der Waals surface area contributed by atoms with Gasteiger partial charge in [0.15, 0.2) is 0 Å². The molecule has 1 aromatic rings. The summed E-state index contributed by atoms with van der Waals surface area (Å²) in [7, 11) is 0. The molecule has 0 aromatic heterocycles. The van der Waals surface area contributed by atoms with E-state index < -0.39 is 0 Å². The Kier molecular flexibility index (Phi) is 7.72. The number of nitrogens with one attached hydrogen (secondary N) is 1. The average molecular weight is 264 g/mol. The summed E-state index contributed by atoms with van der Waals surface area (Å²) >= 11 is 0. The Labute approximate surface area is 117 Å². The highest BCUT2D eigenvalue weighted by Gasteiger charge is 2.14. The minimum absolute atomic E-state index is 0.232. The fourth-order valence-corrected chi connectivity index (χ4v) is 2.37. The van der Waals surface area contributed by atoms with Gasteiger partial charge >= 0.3 is 0 Å². The fourth-order valence-electron chi connectivity index (χ4n) is 2.37. The maximum absolute atomic E-state index is 9.11. The molecule has 0 aliphatic heterocycles. The molecule has 3 nitrogen and oxygen atoms in total. The number of benzene rings is 1. The van der Waals surface area contributed by atoms with Gasteiger partial charge < -0.3 is 10.4 Å². The highest BCUT2D eigenvalue weighted by molar-refractivity contribution is 5.18. The maximum atomic E-state index is 9.11. The van der Waals surface area contributed by atoms with Gasteiger partial charge in [0.05, 0.1) is 6.61 Å². The lowest BCUT2D eigenvalue weighted by Gasteiger charge is -2.28. The van der Waals surface area contributed by atoms with Gasteiger partial charge in [-0.15, -0.1) is 0 Å². The molecule has 1 atom stereocenters. The van der Waals surface area contributed by atoms with Crippen molar-refractivity contribution in [1.29, 1.82) is 0 Å². The van der Waals surface area contributed by atoms with Crippen LogP contribution in [0.3, 0.4) is 0 Å². The highest BCUT2D eigenvalue weighted by Crippen LogP contribution is 2.17. The van der Waals surface area contributed by atoms with Crippen LogP contribution >= 0.6 is 0 Å². The summed E-state index contributed by atoms with van der Waals surface area (Å²) in [5, 5.41) is 12.7. The number of aliphatic hydroxyl groups excluding tert-OH is 1. The normalized spacial score (nSPS) is 13.2. The van der Waals surface area contributed by atoms with E-state index in [4.69, 9.17) is 5.11 Å². The zero-order valence-corrected chi connectivity index (χ0v) is 12.5. The summed E-state index contributed by atoms with van der Waals surface area (Å²) in [6, 6.07) is 11.5. The third-order valence-electron chi connectivity index (χ3n) is 3.47. The summed E-state index contributed by atoms with van der Waals surface area (Å²) in [6.07, 6.45) is 1.07. The lowest BCUT2D eigenvalue weighted by Crippen LogP contribution is -2.36. The molecule has 0 bridgehead atoms. The smallest absolute Gasteiger partial charge is 0.0558 e. The lowest BCUT2D eigenvalue weighted by atomic mass is 10.0. The van der Waals surface area contributed by atoms with Crippen molar-refractivity contribution >= 4 is 0 Å². The number of rotatable bonds is 9. The van der Waals surface area contributed by atoms with Crippen molar-refractivity contribution in [3.8, 4) is 0 Å². The van der Waals surface area contributed by atoms with E-state index in [0.717, 1.165) is 26.1 Å². The van der Waals surface area contributed by atoms with Crippen LogP contribution in [-0.4, -0.2) is 42.3 Å². The SMILES string of the molecule is CCNC(CCN(CCO)C(C)C)c1ccccc1. The number of aliphatic hydroxyl groups is 1. The molecule has 0 radical (unpaired) electrons. The molecule has 1 rings (SSSR count). The van der Waals surface area contributed by atoms with Crippen LogP contribution in [0.15, 0.2) is 30.3 Å². The van der Waals surface area contributed by atoms with Crippen LogP contribution in [0, 0.1) is 0 Å². The van der Waals surface area contributed by atoms with E-state index in [2.05, 4.69) is 61.3 Å². The van der Waals surface area contributed by atoms with E-state index in [0.29, 0.717) is 12.1 Å². The third-order valence-corrected chi connectivity index (χ3v) is 3.47. The molecule has 3 heteroatoms. The van der Waals surface area contributed by atoms with Gasteiger partial charge in [0.2, 0.25) is 0 Å². The second-order valence-corrected chi connectivity index (χ2v) is 5.16. The lowest BCUT2D eigenvalue weighted by molar-refractivity contribution is 0.159. The molecule has 1 unspecified atom stereocenters. The topological polar surface area (TPSA) is 35.5 Å². The molecule has 0 saturated heterocycles. The molecule has 0 spiro atoms. The van der Waals surface area contributed by atoms with Crippen LogP contribution in [0.2, 0.25) is 0 Å². The van der Waals surface area contributed by atoms with E-state index in [1.807, 2.05) is 0 Å². The van der Waals surface area contributed by atoms with Gasteiger partial charge in [-0.3, -0.25) is 4.90 Å². The number of hydrogen-bond donors (Lipinski definition) is 2. The maximum Gasteiger partial charge on any atom is 0.0558 e. The van der Waals surface area contributed by atoms with E-state index in [9.17, 15) is 0 Å². The second kappa shape index (κ2) is 9.08. The molecule has 0 aliphatic carbocycles. The molecule has 1 aromatic carbocycles. The number of hydrogen-bond acceptors (Lipinski definition) is 3. The highest BCUT2D eigenvalue weighted by atomic mass is 16.3. The van der Waals surface area contributed by atoms with Gasteiger partial charge in [0.25, 0.3) is 0 Å². The van der Waals surface area contributed by atoms with E-state index >= 15 is 0 Å². The van der Waals surface area contributed by atoms with Crippen molar-refractivity contribution in [2.45, 2.75) is 39.3 Å². The fraction of sp³-hybridized carbons (Fsp3) is 0.625. The summed E-state index contributed by atoms with van der Waals surface area (Å²) in [5.41, 5.74) is 1.34. The standard InChI is InChI=1S/C16H28N2O/c1-4-17-16(15-8-6-5-7-9-15)10-11-18(12-13-19)14(2)3/h5-9,14,16-17,19H,4,10-13H2,1-3H3. The van der Waals surface area contributed by atoms with Gasteiger partial charge in [-0.2, -0.15) is 0 Å². The monoisotopic (exact) mass is 264 g/mol. The third kappa shape index (κ3) is 5.72. The van der Waals surface area contributed by atoms with Crippen LogP contribution in [0.4, 0.5) is 0 Å². The van der Waals surface area contributed by atoms with Crippen molar-refractivity contribution in [3.05, 3.63) is 35.9 Å². The van der Waals surface area contributed by atoms with Crippen molar-refractivity contribution in [2.24, 2.45) is 0 Å². The van der Waals surface area contributed by atoms with Crippen LogP contribution in [0.5, 0.6) is 0 Å². The van der Waals surface area contributed by atoms with Crippen LogP contribution in [-0.2, 0) is 0 Å². The van der Waals surface area contributed by atoms with Gasteiger partial charge in [-0.1, -0.05) is 37.3 Å². The predicted molar refractivity (Wildman–Crippen MR) is 81.3 cm³/mol. The molecule has 19 heavy (non-hydrogen) atoms. The average Bonchev–Trinajstić information content (AvgIpc) is 2.42. The number of nitrogens with zero attached hydrogens (tertiary/aromatic N) is 1. The molecule has 0 heterocycles. The second-order valence-electron chi connectivity index (χ2n) is 5.16. The predicted octanol–water partition coefficient (Wildman–Crippen LogP) is 2.43. The van der Waals surface area contributed by atoms with Gasteiger partial charge in [0.1, 0.15) is 0 Å². The van der Waals surface area contributed by atoms with Gasteiger partial charge in [0, 0.05) is 25.2 Å². The molecular weight excluding hydrogens is 236 g/mol. The summed E-state index contributed by atoms with van der Waals surface area (Å²) in [5.74, 6) is 0. The minimum atomic E-state index is 0.232. The molecular formula is C16H28N2O. The molecule has 2 N–H and O–H groups in total. The quantitative estimate of drug-likeness (QED) is 0.719. The van der Waals surface area contributed by atoms with Crippen molar-refractivity contribution in [1.82, 2.24) is 10.2 Å². The van der Waals surface area contributed by atoms with Gasteiger partial charge in [-0.05, 0) is 32.4 Å². The zero-order valence-electron chi connectivity index (χ0n) is 12.5. The van der Waals surface area contributed by atoms with Crippen molar-refractivity contribution in [2.75, 3.05) is 26.2 Å². The molecule has 0 saturated carbocycles. The molecule has 0 fully saturated rings. The Morgan fingerprint density at radius 2 is 1.84 bits per heavy atom. The summed E-state index contributed by atoms with van der Waals surface area (Å²) in [6.45, 7) is 9.47. The van der Waals surface area contributed by atoms with Gasteiger partial charge in [-0.25, -0.2) is 0 Å². The Morgan fingerprint density at radius 3 is 2.37 bits per heavy atom. The Morgan fingerprint density at radius 1 is 1.16 bits per heavy atom. The molecule has 0 amide bonds.